The Morgan fingerprint density at radius 3 is 1.71 bits per heavy atom. The number of aliphatic hydroxyl groups is 5. The van der Waals surface area contributed by atoms with Crippen LogP contribution in [0.25, 0.3) is 0 Å². The Kier molecular flexibility index (Phi) is 4.24. The highest BCUT2D eigenvalue weighted by Gasteiger charge is 2.35. The van der Waals surface area contributed by atoms with Gasteiger partial charge < -0.3 is 25.5 Å². The molecule has 6 heteroatoms. The van der Waals surface area contributed by atoms with E-state index >= 15 is 0 Å². The SMILES string of the molecule is OCCN1C[C@@H](O)[C@H](O)[C@H](O)[C@@H](O)C1. The first-order chi connectivity index (χ1) is 6.56. The lowest BCUT2D eigenvalue weighted by atomic mass is 10.1. The molecule has 1 rings (SSSR count). The summed E-state index contributed by atoms with van der Waals surface area (Å²) < 4.78 is 0. The second kappa shape index (κ2) is 5.01. The van der Waals surface area contributed by atoms with Crippen LogP contribution in [0.5, 0.6) is 0 Å². The van der Waals surface area contributed by atoms with Gasteiger partial charge in [-0.3, -0.25) is 4.90 Å². The number of β-amino-alcohol motifs (C(OH)–C–C–N with tert-alkyl or cyclic N) is 3. The van der Waals surface area contributed by atoms with Crippen LogP contribution in [0, 0.1) is 0 Å². The third kappa shape index (κ3) is 2.63. The number of nitrogens with zero attached hydrogens (tertiary/aromatic N) is 1. The Morgan fingerprint density at radius 1 is 0.929 bits per heavy atom. The van der Waals surface area contributed by atoms with E-state index in [0.29, 0.717) is 6.54 Å². The molecule has 0 aromatic heterocycles. The molecule has 1 aliphatic heterocycles. The molecule has 14 heavy (non-hydrogen) atoms. The molecule has 1 heterocycles. The first kappa shape index (κ1) is 11.8. The van der Waals surface area contributed by atoms with Gasteiger partial charge in [0.25, 0.3) is 0 Å². The van der Waals surface area contributed by atoms with Gasteiger partial charge >= 0.3 is 0 Å². The highest BCUT2D eigenvalue weighted by atomic mass is 16.4. The standard InChI is InChI=1S/C8H17NO5/c10-2-1-9-3-5(11)7(13)8(14)6(12)4-9/h5-8,10-14H,1-4H2/t5-,6+,7+,8-. The summed E-state index contributed by atoms with van der Waals surface area (Å²) in [6.45, 7) is 0.477. The second-order valence-corrected chi connectivity index (χ2v) is 3.60. The number of aliphatic hydroxyl groups excluding tert-OH is 5. The van der Waals surface area contributed by atoms with Gasteiger partial charge in [-0.15, -0.1) is 0 Å². The van der Waals surface area contributed by atoms with Crippen molar-refractivity contribution >= 4 is 0 Å². The fraction of sp³-hybridized carbons (Fsp3) is 1.00. The van der Waals surface area contributed by atoms with Crippen molar-refractivity contribution < 1.29 is 25.5 Å². The van der Waals surface area contributed by atoms with E-state index in [9.17, 15) is 20.4 Å². The highest BCUT2D eigenvalue weighted by Crippen LogP contribution is 2.12. The van der Waals surface area contributed by atoms with Gasteiger partial charge in [-0.05, 0) is 0 Å². The Morgan fingerprint density at radius 2 is 1.36 bits per heavy atom. The molecule has 5 N–H and O–H groups in total. The fourth-order valence-electron chi connectivity index (χ4n) is 1.60. The second-order valence-electron chi connectivity index (χ2n) is 3.60. The van der Waals surface area contributed by atoms with E-state index in [1.807, 2.05) is 0 Å². The third-order valence-corrected chi connectivity index (χ3v) is 2.45. The van der Waals surface area contributed by atoms with Crippen molar-refractivity contribution in [2.24, 2.45) is 0 Å². The van der Waals surface area contributed by atoms with Crippen LogP contribution >= 0.6 is 0 Å². The van der Waals surface area contributed by atoms with Crippen molar-refractivity contribution in [1.82, 2.24) is 4.90 Å². The summed E-state index contributed by atoms with van der Waals surface area (Å²) in [5.74, 6) is 0. The van der Waals surface area contributed by atoms with Gasteiger partial charge in [-0.2, -0.15) is 0 Å². The molecule has 0 unspecified atom stereocenters. The Hall–Kier alpha value is -0.240. The van der Waals surface area contributed by atoms with Crippen molar-refractivity contribution in [3.05, 3.63) is 0 Å². The van der Waals surface area contributed by atoms with Gasteiger partial charge in [0.1, 0.15) is 12.2 Å². The fourth-order valence-corrected chi connectivity index (χ4v) is 1.60. The van der Waals surface area contributed by atoms with E-state index in [-0.39, 0.29) is 19.7 Å². The van der Waals surface area contributed by atoms with Crippen LogP contribution in [0.15, 0.2) is 0 Å². The maximum Gasteiger partial charge on any atom is 0.110 e. The zero-order chi connectivity index (χ0) is 10.7. The van der Waals surface area contributed by atoms with Gasteiger partial charge in [0, 0.05) is 19.6 Å². The van der Waals surface area contributed by atoms with Crippen LogP contribution in [0.4, 0.5) is 0 Å². The van der Waals surface area contributed by atoms with Crippen molar-refractivity contribution in [2.75, 3.05) is 26.2 Å². The van der Waals surface area contributed by atoms with E-state index in [4.69, 9.17) is 5.11 Å². The average molecular weight is 207 g/mol. The number of rotatable bonds is 2. The minimum Gasteiger partial charge on any atom is -0.395 e. The molecule has 0 aliphatic carbocycles. The lowest BCUT2D eigenvalue weighted by molar-refractivity contribution is -0.0894. The van der Waals surface area contributed by atoms with Gasteiger partial charge in [-0.25, -0.2) is 0 Å². The molecule has 0 spiro atoms. The maximum absolute atomic E-state index is 9.40. The maximum atomic E-state index is 9.40. The minimum absolute atomic E-state index is 0.0916. The van der Waals surface area contributed by atoms with E-state index in [1.54, 1.807) is 4.90 Å². The molecule has 0 amide bonds. The molecular weight excluding hydrogens is 190 g/mol. The molecule has 84 valence electrons. The summed E-state index contributed by atoms with van der Waals surface area (Å²) >= 11 is 0. The number of hydrogen-bond acceptors (Lipinski definition) is 6. The predicted molar refractivity (Wildman–Crippen MR) is 47.6 cm³/mol. The van der Waals surface area contributed by atoms with Gasteiger partial charge in [0.2, 0.25) is 0 Å². The molecular formula is C8H17NO5. The molecule has 0 aromatic rings. The van der Waals surface area contributed by atoms with Crippen LogP contribution in [0.1, 0.15) is 0 Å². The summed E-state index contributed by atoms with van der Waals surface area (Å²) in [4.78, 5) is 1.59. The summed E-state index contributed by atoms with van der Waals surface area (Å²) in [5, 5.41) is 46.1. The minimum atomic E-state index is -1.34. The number of hydrogen-bond donors (Lipinski definition) is 5. The van der Waals surface area contributed by atoms with Crippen molar-refractivity contribution in [3.63, 3.8) is 0 Å². The summed E-state index contributed by atoms with van der Waals surface area (Å²) in [6.07, 6.45) is -4.88. The van der Waals surface area contributed by atoms with Gasteiger partial charge in [0.15, 0.2) is 0 Å². The van der Waals surface area contributed by atoms with Crippen LogP contribution in [0.3, 0.4) is 0 Å². The van der Waals surface area contributed by atoms with Crippen molar-refractivity contribution in [1.29, 1.82) is 0 Å². The van der Waals surface area contributed by atoms with Gasteiger partial charge in [0.05, 0.1) is 18.8 Å². The first-order valence-electron chi connectivity index (χ1n) is 4.61. The first-order valence-corrected chi connectivity index (χ1v) is 4.61. The largest absolute Gasteiger partial charge is 0.395 e. The Balaban J connectivity index is 2.62. The molecule has 1 saturated heterocycles. The van der Waals surface area contributed by atoms with E-state index < -0.39 is 24.4 Å². The summed E-state index contributed by atoms with van der Waals surface area (Å²) in [5.41, 5.74) is 0. The van der Waals surface area contributed by atoms with E-state index in [0.717, 1.165) is 0 Å². The highest BCUT2D eigenvalue weighted by molar-refractivity contribution is 4.88. The predicted octanol–water partition coefficient (Wildman–Crippen LogP) is -3.26. The van der Waals surface area contributed by atoms with Crippen LogP contribution in [-0.4, -0.2) is 81.1 Å². The average Bonchev–Trinajstić information content (AvgIpc) is 2.21. The lowest BCUT2D eigenvalue weighted by Crippen LogP contribution is -2.43. The van der Waals surface area contributed by atoms with Gasteiger partial charge in [-0.1, -0.05) is 0 Å². The third-order valence-electron chi connectivity index (χ3n) is 2.45. The molecule has 0 radical (unpaired) electrons. The van der Waals surface area contributed by atoms with Crippen molar-refractivity contribution in [2.45, 2.75) is 24.4 Å². The molecule has 1 fully saturated rings. The summed E-state index contributed by atoms with van der Waals surface area (Å²) in [7, 11) is 0. The topological polar surface area (TPSA) is 104 Å². The van der Waals surface area contributed by atoms with Crippen molar-refractivity contribution in [3.8, 4) is 0 Å². The monoisotopic (exact) mass is 207 g/mol. The Bertz CT molecular complexity index is 163. The summed E-state index contributed by atoms with van der Waals surface area (Å²) in [6, 6.07) is 0. The zero-order valence-electron chi connectivity index (χ0n) is 7.82. The molecule has 0 saturated carbocycles. The normalized spacial score (nSPS) is 40.9. The molecule has 0 aromatic carbocycles. The van der Waals surface area contributed by atoms with Crippen LogP contribution in [-0.2, 0) is 0 Å². The lowest BCUT2D eigenvalue weighted by Gasteiger charge is -2.21. The van der Waals surface area contributed by atoms with E-state index in [1.165, 1.54) is 0 Å². The van der Waals surface area contributed by atoms with E-state index in [2.05, 4.69) is 0 Å². The van der Waals surface area contributed by atoms with Crippen LogP contribution in [0.2, 0.25) is 0 Å². The molecule has 4 atom stereocenters. The molecule has 0 bridgehead atoms. The quantitative estimate of drug-likeness (QED) is 0.325. The Labute approximate surface area is 82.0 Å². The van der Waals surface area contributed by atoms with Crippen LogP contribution < -0.4 is 0 Å². The molecule has 6 nitrogen and oxygen atoms in total. The molecule has 1 aliphatic rings. The number of likely N-dealkylation sites (tertiary alicyclic amines) is 1. The zero-order valence-corrected chi connectivity index (χ0v) is 7.82. The smallest absolute Gasteiger partial charge is 0.110 e.